The van der Waals surface area contributed by atoms with Crippen molar-refractivity contribution in [1.82, 2.24) is 9.38 Å². The van der Waals surface area contributed by atoms with Crippen LogP contribution in [0, 0.1) is 0 Å². The number of hydrogen-bond acceptors (Lipinski definition) is 1. The standard InChI is InChI=1S/C25H17BrN2/c26-23-14-8-7-13-21(23)24-17-28-16-20(18-9-3-1-4-10-18)15-22(25(28)27-24)19-11-5-2-6-12-19/h1-17H. The van der Waals surface area contributed by atoms with Crippen molar-refractivity contribution < 1.29 is 0 Å². The van der Waals surface area contributed by atoms with E-state index in [0.29, 0.717) is 0 Å². The molecule has 2 heterocycles. The number of imidazole rings is 1. The van der Waals surface area contributed by atoms with E-state index in [1.807, 2.05) is 30.3 Å². The second-order valence-electron chi connectivity index (χ2n) is 6.71. The van der Waals surface area contributed by atoms with Gasteiger partial charge in [-0.15, -0.1) is 0 Å². The quantitative estimate of drug-likeness (QED) is 0.301. The lowest BCUT2D eigenvalue weighted by atomic mass is 10.0. The van der Waals surface area contributed by atoms with Gasteiger partial charge in [0.25, 0.3) is 0 Å². The summed E-state index contributed by atoms with van der Waals surface area (Å²) in [6, 6.07) is 31.3. The predicted molar refractivity (Wildman–Crippen MR) is 119 cm³/mol. The van der Waals surface area contributed by atoms with Crippen molar-refractivity contribution in [1.29, 1.82) is 0 Å². The summed E-state index contributed by atoms with van der Waals surface area (Å²) in [6.45, 7) is 0. The van der Waals surface area contributed by atoms with Crippen molar-refractivity contribution in [3.8, 4) is 33.5 Å². The fourth-order valence-corrected chi connectivity index (χ4v) is 4.00. The van der Waals surface area contributed by atoms with Gasteiger partial charge in [-0.2, -0.15) is 0 Å². The molecule has 0 spiro atoms. The van der Waals surface area contributed by atoms with Crippen LogP contribution in [-0.2, 0) is 0 Å². The Labute approximate surface area is 172 Å². The molecule has 0 fully saturated rings. The zero-order valence-corrected chi connectivity index (χ0v) is 16.7. The van der Waals surface area contributed by atoms with Crippen LogP contribution in [0.5, 0.6) is 0 Å². The Kier molecular flexibility index (Phi) is 4.30. The van der Waals surface area contributed by atoms with Gasteiger partial charge in [-0.3, -0.25) is 0 Å². The summed E-state index contributed by atoms with van der Waals surface area (Å²) in [4.78, 5) is 4.99. The Hall–Kier alpha value is -3.17. The van der Waals surface area contributed by atoms with Crippen LogP contribution < -0.4 is 0 Å². The van der Waals surface area contributed by atoms with Gasteiger partial charge < -0.3 is 4.40 Å². The molecule has 0 unspecified atom stereocenters. The van der Waals surface area contributed by atoms with Gasteiger partial charge in [-0.05, 0) is 28.8 Å². The fraction of sp³-hybridized carbons (Fsp3) is 0. The molecule has 0 aliphatic carbocycles. The normalized spacial score (nSPS) is 11.0. The van der Waals surface area contributed by atoms with Gasteiger partial charge in [-0.25, -0.2) is 4.98 Å². The van der Waals surface area contributed by atoms with Crippen molar-refractivity contribution in [3.63, 3.8) is 0 Å². The molecule has 0 aliphatic heterocycles. The van der Waals surface area contributed by atoms with Crippen LogP contribution in [0.25, 0.3) is 39.2 Å². The highest BCUT2D eigenvalue weighted by Gasteiger charge is 2.13. The van der Waals surface area contributed by atoms with Gasteiger partial charge in [0, 0.05) is 28.0 Å². The van der Waals surface area contributed by atoms with Crippen LogP contribution in [0.4, 0.5) is 0 Å². The lowest BCUT2D eigenvalue weighted by molar-refractivity contribution is 1.19. The van der Waals surface area contributed by atoms with Gasteiger partial charge >= 0.3 is 0 Å². The maximum Gasteiger partial charge on any atom is 0.145 e. The summed E-state index contributed by atoms with van der Waals surface area (Å²) in [5, 5.41) is 0. The number of rotatable bonds is 3. The topological polar surface area (TPSA) is 17.3 Å². The van der Waals surface area contributed by atoms with Gasteiger partial charge in [0.2, 0.25) is 0 Å². The highest BCUT2D eigenvalue weighted by Crippen LogP contribution is 2.33. The molecule has 3 aromatic carbocycles. The van der Waals surface area contributed by atoms with Gasteiger partial charge in [0.05, 0.1) is 5.69 Å². The third-order valence-corrected chi connectivity index (χ3v) is 5.58. The zero-order chi connectivity index (χ0) is 18.9. The van der Waals surface area contributed by atoms with Crippen molar-refractivity contribution in [2.75, 3.05) is 0 Å². The first kappa shape index (κ1) is 17.0. The maximum absolute atomic E-state index is 4.99. The lowest BCUT2D eigenvalue weighted by Gasteiger charge is -2.09. The largest absolute Gasteiger partial charge is 0.305 e. The van der Waals surface area contributed by atoms with Gasteiger partial charge in [0.15, 0.2) is 0 Å². The minimum Gasteiger partial charge on any atom is -0.305 e. The second kappa shape index (κ2) is 7.10. The molecule has 28 heavy (non-hydrogen) atoms. The first-order valence-corrected chi connectivity index (χ1v) is 9.97. The van der Waals surface area contributed by atoms with E-state index in [-0.39, 0.29) is 0 Å². The molecule has 0 amide bonds. The Bertz CT molecular complexity index is 1260. The Morgan fingerprint density at radius 1 is 0.607 bits per heavy atom. The van der Waals surface area contributed by atoms with Crippen LogP contribution in [0.15, 0.2) is 108 Å². The molecule has 0 N–H and O–H groups in total. The van der Waals surface area contributed by atoms with E-state index in [0.717, 1.165) is 32.5 Å². The third kappa shape index (κ3) is 3.04. The number of aromatic nitrogens is 2. The van der Waals surface area contributed by atoms with Crippen LogP contribution in [0.1, 0.15) is 0 Å². The van der Waals surface area contributed by atoms with E-state index < -0.39 is 0 Å². The van der Waals surface area contributed by atoms with Crippen LogP contribution in [0.3, 0.4) is 0 Å². The smallest absolute Gasteiger partial charge is 0.145 e. The summed E-state index contributed by atoms with van der Waals surface area (Å²) < 4.78 is 3.18. The average Bonchev–Trinajstić information content (AvgIpc) is 3.18. The Balaban J connectivity index is 1.78. The minimum atomic E-state index is 0.954. The van der Waals surface area contributed by atoms with Crippen LogP contribution >= 0.6 is 15.9 Å². The van der Waals surface area contributed by atoms with Gasteiger partial charge in [0.1, 0.15) is 5.65 Å². The number of halogens is 1. The van der Waals surface area contributed by atoms with Crippen LogP contribution in [0.2, 0.25) is 0 Å². The molecule has 0 radical (unpaired) electrons. The molecule has 134 valence electrons. The summed E-state index contributed by atoms with van der Waals surface area (Å²) in [5.74, 6) is 0. The maximum atomic E-state index is 4.99. The van der Waals surface area contributed by atoms with E-state index in [1.54, 1.807) is 0 Å². The van der Waals surface area contributed by atoms with Crippen molar-refractivity contribution in [2.24, 2.45) is 0 Å². The molecule has 5 rings (SSSR count). The minimum absolute atomic E-state index is 0.954. The molecule has 5 aromatic rings. The van der Waals surface area contributed by atoms with E-state index in [9.17, 15) is 0 Å². The van der Waals surface area contributed by atoms with Gasteiger partial charge in [-0.1, -0.05) is 94.8 Å². The highest BCUT2D eigenvalue weighted by atomic mass is 79.9. The molecule has 0 bridgehead atoms. The van der Waals surface area contributed by atoms with E-state index in [4.69, 9.17) is 4.98 Å². The molecular weight excluding hydrogens is 408 g/mol. The summed E-state index contributed by atoms with van der Waals surface area (Å²) in [7, 11) is 0. The molecule has 0 saturated carbocycles. The zero-order valence-electron chi connectivity index (χ0n) is 15.1. The monoisotopic (exact) mass is 424 g/mol. The molecule has 0 aliphatic rings. The average molecular weight is 425 g/mol. The van der Waals surface area contributed by atoms with E-state index in [1.165, 1.54) is 11.1 Å². The molecule has 3 heteroatoms. The molecule has 0 atom stereocenters. The molecule has 0 saturated heterocycles. The van der Waals surface area contributed by atoms with E-state index >= 15 is 0 Å². The predicted octanol–water partition coefficient (Wildman–Crippen LogP) is 7.10. The van der Waals surface area contributed by atoms with Crippen LogP contribution in [-0.4, -0.2) is 9.38 Å². The first-order chi connectivity index (χ1) is 13.8. The first-order valence-electron chi connectivity index (χ1n) is 9.18. The summed E-state index contributed by atoms with van der Waals surface area (Å²) in [5.41, 5.74) is 7.65. The van der Waals surface area contributed by atoms with Crippen molar-refractivity contribution >= 4 is 21.6 Å². The SMILES string of the molecule is Brc1ccccc1-c1cn2cc(-c3ccccc3)cc(-c3ccccc3)c2n1. The summed E-state index contributed by atoms with van der Waals surface area (Å²) >= 11 is 3.66. The molecule has 2 nitrogen and oxygen atoms in total. The van der Waals surface area contributed by atoms with E-state index in [2.05, 4.69) is 93.4 Å². The number of fused-ring (bicyclic) bond motifs is 1. The number of pyridine rings is 1. The molecule has 2 aromatic heterocycles. The third-order valence-electron chi connectivity index (χ3n) is 4.89. The fourth-order valence-electron chi connectivity index (χ4n) is 3.52. The lowest BCUT2D eigenvalue weighted by Crippen LogP contribution is -1.90. The second-order valence-corrected chi connectivity index (χ2v) is 7.57. The Morgan fingerprint density at radius 3 is 1.96 bits per heavy atom. The number of hydrogen-bond donors (Lipinski definition) is 0. The van der Waals surface area contributed by atoms with Crippen molar-refractivity contribution in [2.45, 2.75) is 0 Å². The summed E-state index contributed by atoms with van der Waals surface area (Å²) in [6.07, 6.45) is 4.26. The van der Waals surface area contributed by atoms with Crippen molar-refractivity contribution in [3.05, 3.63) is 108 Å². The number of benzene rings is 3. The Morgan fingerprint density at radius 2 is 1.25 bits per heavy atom. The molecular formula is C25H17BrN2. The highest BCUT2D eigenvalue weighted by molar-refractivity contribution is 9.10. The number of nitrogens with zero attached hydrogens (tertiary/aromatic N) is 2.